The Morgan fingerprint density at radius 2 is 1.90 bits per heavy atom. The number of para-hydroxylation sites is 1. The summed E-state index contributed by atoms with van der Waals surface area (Å²) in [6.45, 7) is 9.89. The van der Waals surface area contributed by atoms with Crippen molar-refractivity contribution in [2.24, 2.45) is 0 Å². The van der Waals surface area contributed by atoms with Crippen molar-refractivity contribution in [3.8, 4) is 17.1 Å². The van der Waals surface area contributed by atoms with Crippen LogP contribution in [-0.2, 0) is 4.79 Å². The van der Waals surface area contributed by atoms with Crippen molar-refractivity contribution < 1.29 is 4.79 Å². The third-order valence-electron chi connectivity index (χ3n) is 4.87. The van der Waals surface area contributed by atoms with Crippen LogP contribution in [0.4, 0.5) is 0 Å². The summed E-state index contributed by atoms with van der Waals surface area (Å²) < 4.78 is 2.04. The number of rotatable bonds is 5. The van der Waals surface area contributed by atoms with Crippen molar-refractivity contribution in [2.75, 3.05) is 0 Å². The molecule has 2 N–H and O–H groups in total. The smallest absolute Gasteiger partial charge is 0.233 e. The molecule has 0 aliphatic carbocycles. The maximum absolute atomic E-state index is 12.7. The lowest BCUT2D eigenvalue weighted by molar-refractivity contribution is -0.121. The molecule has 0 saturated heterocycles. The van der Waals surface area contributed by atoms with E-state index >= 15 is 0 Å². The Morgan fingerprint density at radius 3 is 2.65 bits per heavy atom. The van der Waals surface area contributed by atoms with Crippen LogP contribution < -0.4 is 5.32 Å². The lowest BCUT2D eigenvalue weighted by Crippen LogP contribution is -2.44. The lowest BCUT2D eigenvalue weighted by Gasteiger charge is -2.23. The minimum absolute atomic E-state index is 0.0232. The topological polar surface area (TPSA) is 75.6 Å². The Balaban J connectivity index is 1.79. The van der Waals surface area contributed by atoms with E-state index in [-0.39, 0.29) is 16.7 Å². The summed E-state index contributed by atoms with van der Waals surface area (Å²) in [5.74, 6) is 0.721. The van der Waals surface area contributed by atoms with Gasteiger partial charge in [0.2, 0.25) is 5.91 Å². The molecule has 2 aromatic carbocycles. The molecule has 0 spiro atoms. The molecule has 4 rings (SSSR count). The number of aromatic nitrogens is 4. The number of H-pyrrole nitrogens is 1. The van der Waals surface area contributed by atoms with Crippen molar-refractivity contribution in [2.45, 2.75) is 50.6 Å². The van der Waals surface area contributed by atoms with Gasteiger partial charge in [-0.05, 0) is 58.4 Å². The number of nitrogens with zero attached hydrogens (tertiary/aromatic N) is 3. The van der Waals surface area contributed by atoms with Crippen molar-refractivity contribution in [3.05, 3.63) is 60.3 Å². The highest BCUT2D eigenvalue weighted by Crippen LogP contribution is 2.33. The number of carbonyl (C=O) groups is 1. The number of aromatic amines is 1. The van der Waals surface area contributed by atoms with E-state index in [0.717, 1.165) is 33.5 Å². The molecule has 0 radical (unpaired) electrons. The fourth-order valence-corrected chi connectivity index (χ4v) is 4.33. The van der Waals surface area contributed by atoms with Gasteiger partial charge in [-0.3, -0.25) is 9.36 Å². The largest absolute Gasteiger partial charge is 0.360 e. The first-order chi connectivity index (χ1) is 14.7. The number of aryl methyl sites for hydroxylation is 1. The number of amides is 1. The summed E-state index contributed by atoms with van der Waals surface area (Å²) in [7, 11) is 0. The predicted molar refractivity (Wildman–Crippen MR) is 127 cm³/mol. The Hall–Kier alpha value is -3.06. The summed E-state index contributed by atoms with van der Waals surface area (Å²) in [5.41, 5.74) is 3.85. The van der Waals surface area contributed by atoms with Crippen LogP contribution in [0.1, 0.15) is 33.3 Å². The molecule has 0 fully saturated rings. The molecule has 160 valence electrons. The van der Waals surface area contributed by atoms with Gasteiger partial charge in [0.05, 0.1) is 5.25 Å². The van der Waals surface area contributed by atoms with Gasteiger partial charge in [0.15, 0.2) is 11.0 Å². The molecule has 1 amide bonds. The van der Waals surface area contributed by atoms with Crippen LogP contribution in [-0.4, -0.2) is 36.4 Å². The van der Waals surface area contributed by atoms with Crippen molar-refractivity contribution in [1.29, 1.82) is 0 Å². The van der Waals surface area contributed by atoms with Gasteiger partial charge in [-0.2, -0.15) is 0 Å². The molecular weight excluding hydrogens is 406 g/mol. The summed E-state index contributed by atoms with van der Waals surface area (Å²) in [5, 5.41) is 13.5. The van der Waals surface area contributed by atoms with Crippen molar-refractivity contribution >= 4 is 28.6 Å². The Kier molecular flexibility index (Phi) is 5.62. The number of benzene rings is 2. The molecule has 0 bridgehead atoms. The van der Waals surface area contributed by atoms with E-state index in [1.54, 1.807) is 0 Å². The summed E-state index contributed by atoms with van der Waals surface area (Å²) >= 11 is 1.41. The molecule has 1 atom stereocenters. The highest BCUT2D eigenvalue weighted by atomic mass is 32.2. The third-order valence-corrected chi connectivity index (χ3v) is 5.92. The van der Waals surface area contributed by atoms with Gasteiger partial charge >= 0.3 is 0 Å². The van der Waals surface area contributed by atoms with E-state index in [2.05, 4.69) is 45.6 Å². The SMILES string of the molecule is Cc1cccc(-n2c(SC(C)C(=O)NC(C)(C)C)nnc2-c2c[nH]c3ccccc23)c1. The number of fused-ring (bicyclic) bond motifs is 1. The number of carbonyl (C=O) groups excluding carboxylic acids is 1. The van der Waals surface area contributed by atoms with E-state index in [4.69, 9.17) is 0 Å². The molecular formula is C24H27N5OS. The third kappa shape index (κ3) is 4.51. The fourth-order valence-electron chi connectivity index (χ4n) is 3.46. The van der Waals surface area contributed by atoms with E-state index in [9.17, 15) is 4.79 Å². The van der Waals surface area contributed by atoms with Crippen molar-refractivity contribution in [3.63, 3.8) is 0 Å². The lowest BCUT2D eigenvalue weighted by atomic mass is 10.1. The molecule has 0 aliphatic rings. The van der Waals surface area contributed by atoms with Crippen LogP contribution in [0.15, 0.2) is 59.9 Å². The van der Waals surface area contributed by atoms with Crippen LogP contribution in [0.3, 0.4) is 0 Å². The zero-order chi connectivity index (χ0) is 22.2. The first kappa shape index (κ1) is 21.2. The van der Waals surface area contributed by atoms with Crippen LogP contribution in [0.2, 0.25) is 0 Å². The standard InChI is InChI=1S/C24H27N5OS/c1-15-9-8-10-17(13-15)29-21(19-14-25-20-12-7-6-11-18(19)20)27-28-23(29)31-16(2)22(30)26-24(3,4)5/h6-14,16,25H,1-5H3,(H,26,30). The van der Waals surface area contributed by atoms with Gasteiger partial charge in [0.25, 0.3) is 0 Å². The minimum atomic E-state index is -0.317. The average molecular weight is 434 g/mol. The number of thioether (sulfide) groups is 1. The zero-order valence-corrected chi connectivity index (χ0v) is 19.2. The molecule has 31 heavy (non-hydrogen) atoms. The summed E-state index contributed by atoms with van der Waals surface area (Å²) in [4.78, 5) is 16.0. The van der Waals surface area contributed by atoms with Crippen LogP contribution in [0.5, 0.6) is 0 Å². The second-order valence-electron chi connectivity index (χ2n) is 8.73. The summed E-state index contributed by atoms with van der Waals surface area (Å²) in [6.07, 6.45) is 1.96. The molecule has 1 unspecified atom stereocenters. The van der Waals surface area contributed by atoms with Gasteiger partial charge in [0, 0.05) is 33.9 Å². The maximum Gasteiger partial charge on any atom is 0.233 e. The molecule has 0 saturated carbocycles. The van der Waals surface area contributed by atoms with Gasteiger partial charge in [-0.25, -0.2) is 0 Å². The Morgan fingerprint density at radius 1 is 1.13 bits per heavy atom. The molecule has 2 aromatic heterocycles. The summed E-state index contributed by atoms with van der Waals surface area (Å²) in [6, 6.07) is 16.4. The average Bonchev–Trinajstić information content (AvgIpc) is 3.30. The molecule has 4 aromatic rings. The number of hydrogen-bond donors (Lipinski definition) is 2. The molecule has 7 heteroatoms. The highest BCUT2D eigenvalue weighted by molar-refractivity contribution is 8.00. The fraction of sp³-hybridized carbons (Fsp3) is 0.292. The maximum atomic E-state index is 12.7. The first-order valence-corrected chi connectivity index (χ1v) is 11.2. The second-order valence-corrected chi connectivity index (χ2v) is 10.0. The van der Waals surface area contributed by atoms with E-state index < -0.39 is 0 Å². The number of hydrogen-bond acceptors (Lipinski definition) is 4. The molecule has 6 nitrogen and oxygen atoms in total. The zero-order valence-electron chi connectivity index (χ0n) is 18.4. The van der Waals surface area contributed by atoms with Crippen LogP contribution in [0, 0.1) is 6.92 Å². The van der Waals surface area contributed by atoms with Gasteiger partial charge < -0.3 is 10.3 Å². The van der Waals surface area contributed by atoms with Gasteiger partial charge in [-0.15, -0.1) is 10.2 Å². The minimum Gasteiger partial charge on any atom is -0.360 e. The quantitative estimate of drug-likeness (QED) is 0.428. The van der Waals surface area contributed by atoms with E-state index in [1.165, 1.54) is 11.8 Å². The Bertz CT molecular complexity index is 1230. The molecule has 2 heterocycles. The second kappa shape index (κ2) is 8.23. The normalized spacial score (nSPS) is 12.8. The number of nitrogens with one attached hydrogen (secondary N) is 2. The van der Waals surface area contributed by atoms with Crippen LogP contribution >= 0.6 is 11.8 Å². The monoisotopic (exact) mass is 433 g/mol. The Labute approximate surface area is 186 Å². The molecule has 0 aliphatic heterocycles. The van der Waals surface area contributed by atoms with E-state index in [1.807, 2.05) is 68.8 Å². The van der Waals surface area contributed by atoms with E-state index in [0.29, 0.717) is 5.16 Å². The predicted octanol–water partition coefficient (Wildman–Crippen LogP) is 5.12. The van der Waals surface area contributed by atoms with Crippen LogP contribution in [0.25, 0.3) is 28.0 Å². The first-order valence-electron chi connectivity index (χ1n) is 10.3. The van der Waals surface area contributed by atoms with Gasteiger partial charge in [0.1, 0.15) is 0 Å². The van der Waals surface area contributed by atoms with Crippen molar-refractivity contribution in [1.82, 2.24) is 25.1 Å². The highest BCUT2D eigenvalue weighted by Gasteiger charge is 2.25. The van der Waals surface area contributed by atoms with Gasteiger partial charge in [-0.1, -0.05) is 42.1 Å².